The Hall–Kier alpha value is -2.37. The summed E-state index contributed by atoms with van der Waals surface area (Å²) in [4.78, 5) is 23.0. The Morgan fingerprint density at radius 3 is 3.00 bits per heavy atom. The molecule has 3 N–H and O–H groups in total. The first kappa shape index (κ1) is 12.1. The minimum Gasteiger partial charge on any atom is -0.370 e. The molecule has 0 aromatic carbocycles. The number of rotatable bonds is 5. The number of imidazole rings is 1. The van der Waals surface area contributed by atoms with Gasteiger partial charge in [0.05, 0.1) is 6.54 Å². The lowest BCUT2D eigenvalue weighted by Crippen LogP contribution is -2.23. The predicted octanol–water partition coefficient (Wildman–Crippen LogP) is 1.17. The van der Waals surface area contributed by atoms with Gasteiger partial charge in [0.15, 0.2) is 0 Å². The minimum atomic E-state index is -0.145. The van der Waals surface area contributed by atoms with E-state index in [1.165, 1.54) is 0 Å². The molecule has 0 saturated carbocycles. The average Bonchev–Trinajstić information content (AvgIpc) is 2.90. The van der Waals surface area contributed by atoms with Crippen molar-refractivity contribution in [3.8, 4) is 0 Å². The van der Waals surface area contributed by atoms with Crippen molar-refractivity contribution in [3.05, 3.63) is 42.1 Å². The van der Waals surface area contributed by atoms with Crippen LogP contribution in [0.15, 0.2) is 30.7 Å². The normalized spacial score (nSPS) is 10.1. The molecule has 2 aromatic heterocycles. The van der Waals surface area contributed by atoms with Crippen LogP contribution in [-0.2, 0) is 6.54 Å². The molecule has 0 aliphatic heterocycles. The van der Waals surface area contributed by atoms with Gasteiger partial charge in [0.2, 0.25) is 0 Å². The van der Waals surface area contributed by atoms with Crippen LogP contribution in [0, 0.1) is 0 Å². The molecule has 18 heavy (non-hydrogen) atoms. The molecule has 2 rings (SSSR count). The van der Waals surface area contributed by atoms with E-state index in [0.717, 1.165) is 12.4 Å². The van der Waals surface area contributed by atoms with Crippen molar-refractivity contribution in [1.29, 1.82) is 0 Å². The largest absolute Gasteiger partial charge is 0.370 e. The zero-order chi connectivity index (χ0) is 12.8. The van der Waals surface area contributed by atoms with Gasteiger partial charge in [-0.05, 0) is 19.1 Å². The van der Waals surface area contributed by atoms with Crippen LogP contribution in [0.25, 0.3) is 0 Å². The quantitative estimate of drug-likeness (QED) is 0.738. The Kier molecular flexibility index (Phi) is 3.90. The maximum absolute atomic E-state index is 11.9. The number of hydrogen-bond acceptors (Lipinski definition) is 4. The van der Waals surface area contributed by atoms with E-state index in [4.69, 9.17) is 0 Å². The summed E-state index contributed by atoms with van der Waals surface area (Å²) >= 11 is 0. The smallest absolute Gasteiger partial charge is 0.251 e. The van der Waals surface area contributed by atoms with Crippen molar-refractivity contribution in [2.24, 2.45) is 0 Å². The van der Waals surface area contributed by atoms with Gasteiger partial charge in [-0.25, -0.2) is 9.97 Å². The Morgan fingerprint density at radius 2 is 2.28 bits per heavy atom. The van der Waals surface area contributed by atoms with Crippen molar-refractivity contribution >= 4 is 11.7 Å². The molecule has 0 unspecified atom stereocenters. The lowest BCUT2D eigenvalue weighted by atomic mass is 10.2. The van der Waals surface area contributed by atoms with Gasteiger partial charge in [-0.15, -0.1) is 0 Å². The molecule has 2 heterocycles. The number of nitrogens with zero attached hydrogens (tertiary/aromatic N) is 2. The number of carbonyl (C=O) groups excluding carboxylic acids is 1. The van der Waals surface area contributed by atoms with Crippen LogP contribution in [-0.4, -0.2) is 27.4 Å². The van der Waals surface area contributed by atoms with Gasteiger partial charge in [0.1, 0.15) is 11.6 Å². The van der Waals surface area contributed by atoms with Crippen LogP contribution in [0.5, 0.6) is 0 Å². The molecule has 0 spiro atoms. The first-order valence-electron chi connectivity index (χ1n) is 5.76. The number of hydrogen-bond donors (Lipinski definition) is 3. The molecular formula is C12H15N5O. The van der Waals surface area contributed by atoms with E-state index >= 15 is 0 Å². The first-order chi connectivity index (χ1) is 8.79. The lowest BCUT2D eigenvalue weighted by Gasteiger charge is -2.06. The van der Waals surface area contributed by atoms with Crippen molar-refractivity contribution in [2.45, 2.75) is 13.5 Å². The predicted molar refractivity (Wildman–Crippen MR) is 68.2 cm³/mol. The molecule has 0 bridgehead atoms. The van der Waals surface area contributed by atoms with Crippen molar-refractivity contribution in [3.63, 3.8) is 0 Å². The Morgan fingerprint density at radius 1 is 1.39 bits per heavy atom. The van der Waals surface area contributed by atoms with Crippen LogP contribution in [0.1, 0.15) is 23.1 Å². The van der Waals surface area contributed by atoms with Gasteiger partial charge in [0, 0.05) is 30.7 Å². The zero-order valence-electron chi connectivity index (χ0n) is 10.1. The van der Waals surface area contributed by atoms with Gasteiger partial charge in [-0.3, -0.25) is 4.79 Å². The van der Waals surface area contributed by atoms with Gasteiger partial charge in [-0.1, -0.05) is 0 Å². The third kappa shape index (κ3) is 3.07. The minimum absolute atomic E-state index is 0.145. The van der Waals surface area contributed by atoms with Gasteiger partial charge in [0.25, 0.3) is 5.91 Å². The maximum atomic E-state index is 11.9. The third-order valence-electron chi connectivity index (χ3n) is 2.35. The van der Waals surface area contributed by atoms with Crippen LogP contribution in [0.2, 0.25) is 0 Å². The lowest BCUT2D eigenvalue weighted by molar-refractivity contribution is 0.0950. The number of aromatic nitrogens is 3. The summed E-state index contributed by atoms with van der Waals surface area (Å²) in [5.74, 6) is 1.28. The summed E-state index contributed by atoms with van der Waals surface area (Å²) in [6.07, 6.45) is 4.98. The second kappa shape index (κ2) is 5.81. The zero-order valence-corrected chi connectivity index (χ0v) is 10.1. The number of anilines is 1. The topological polar surface area (TPSA) is 82.7 Å². The van der Waals surface area contributed by atoms with E-state index in [-0.39, 0.29) is 5.91 Å². The maximum Gasteiger partial charge on any atom is 0.251 e. The summed E-state index contributed by atoms with van der Waals surface area (Å²) in [6, 6.07) is 3.40. The summed E-state index contributed by atoms with van der Waals surface area (Å²) < 4.78 is 0. The van der Waals surface area contributed by atoms with Crippen molar-refractivity contribution in [2.75, 3.05) is 11.9 Å². The molecule has 6 nitrogen and oxygen atoms in total. The second-order valence-corrected chi connectivity index (χ2v) is 3.68. The fraction of sp³-hybridized carbons (Fsp3) is 0.250. The van der Waals surface area contributed by atoms with E-state index in [1.54, 1.807) is 30.7 Å². The summed E-state index contributed by atoms with van der Waals surface area (Å²) in [6.45, 7) is 3.13. The van der Waals surface area contributed by atoms with Crippen LogP contribution in [0.4, 0.5) is 5.82 Å². The average molecular weight is 245 g/mol. The number of nitrogens with one attached hydrogen (secondary N) is 3. The second-order valence-electron chi connectivity index (χ2n) is 3.68. The number of carbonyl (C=O) groups is 1. The third-order valence-corrected chi connectivity index (χ3v) is 2.35. The Bertz CT molecular complexity index is 509. The molecule has 0 aliphatic rings. The number of H-pyrrole nitrogens is 1. The highest BCUT2D eigenvalue weighted by molar-refractivity contribution is 5.94. The van der Waals surface area contributed by atoms with E-state index < -0.39 is 0 Å². The molecular weight excluding hydrogens is 230 g/mol. The van der Waals surface area contributed by atoms with Crippen molar-refractivity contribution in [1.82, 2.24) is 20.3 Å². The monoisotopic (exact) mass is 245 g/mol. The van der Waals surface area contributed by atoms with Gasteiger partial charge < -0.3 is 15.6 Å². The summed E-state index contributed by atoms with van der Waals surface area (Å²) in [7, 11) is 0. The number of pyridine rings is 1. The van der Waals surface area contributed by atoms with Crippen LogP contribution < -0.4 is 10.6 Å². The molecule has 0 saturated heterocycles. The molecule has 0 aliphatic carbocycles. The van der Waals surface area contributed by atoms with Crippen molar-refractivity contribution < 1.29 is 4.79 Å². The molecule has 0 fully saturated rings. The van der Waals surface area contributed by atoms with Crippen LogP contribution in [0.3, 0.4) is 0 Å². The highest BCUT2D eigenvalue weighted by Crippen LogP contribution is 2.06. The SMILES string of the molecule is CCNc1cc(C(=O)NCc2ncc[nH]2)ccn1. The first-order valence-corrected chi connectivity index (χ1v) is 5.76. The summed E-state index contributed by atoms with van der Waals surface area (Å²) in [5, 5.41) is 5.85. The molecule has 6 heteroatoms. The fourth-order valence-electron chi connectivity index (χ4n) is 1.51. The molecule has 2 aromatic rings. The van der Waals surface area contributed by atoms with Gasteiger partial charge >= 0.3 is 0 Å². The Labute approximate surface area is 105 Å². The fourth-order valence-corrected chi connectivity index (χ4v) is 1.51. The number of aromatic amines is 1. The summed E-state index contributed by atoms with van der Waals surface area (Å²) in [5.41, 5.74) is 0.576. The van der Waals surface area contributed by atoms with E-state index in [1.807, 2.05) is 6.92 Å². The standard InChI is InChI=1S/C12H15N5O/c1-2-13-10-7-9(3-4-14-10)12(18)17-8-11-15-5-6-16-11/h3-7H,2,8H2,1H3,(H,13,14)(H,15,16)(H,17,18). The molecule has 0 radical (unpaired) electrons. The molecule has 0 atom stereocenters. The van der Waals surface area contributed by atoms with E-state index in [9.17, 15) is 4.79 Å². The molecule has 1 amide bonds. The highest BCUT2D eigenvalue weighted by atomic mass is 16.1. The van der Waals surface area contributed by atoms with E-state index in [2.05, 4.69) is 25.6 Å². The van der Waals surface area contributed by atoms with E-state index in [0.29, 0.717) is 17.9 Å². The van der Waals surface area contributed by atoms with Crippen LogP contribution >= 0.6 is 0 Å². The number of amides is 1. The highest BCUT2D eigenvalue weighted by Gasteiger charge is 2.06. The molecule has 94 valence electrons. The van der Waals surface area contributed by atoms with Gasteiger partial charge in [-0.2, -0.15) is 0 Å². The Balaban J connectivity index is 1.97.